The molecule has 0 spiro atoms. The number of benzene rings is 1. The van der Waals surface area contributed by atoms with Gasteiger partial charge in [-0.05, 0) is 44.5 Å². The van der Waals surface area contributed by atoms with E-state index in [2.05, 4.69) is 25.6 Å². The molecule has 0 atom stereocenters. The summed E-state index contributed by atoms with van der Waals surface area (Å²) in [5, 5.41) is 26.7. The van der Waals surface area contributed by atoms with E-state index in [9.17, 15) is 5.11 Å². The topological polar surface area (TPSA) is 108 Å². The van der Waals surface area contributed by atoms with E-state index in [0.29, 0.717) is 29.5 Å². The molecule has 0 fully saturated rings. The normalized spacial score (nSPS) is 12.2. The Kier molecular flexibility index (Phi) is 3.62. The maximum atomic E-state index is 9.99. The molecule has 26 heavy (non-hydrogen) atoms. The lowest BCUT2D eigenvalue weighted by Gasteiger charge is -2.16. The van der Waals surface area contributed by atoms with Crippen LogP contribution in [0.4, 0.5) is 0 Å². The second kappa shape index (κ2) is 5.73. The van der Waals surface area contributed by atoms with Crippen LogP contribution >= 0.6 is 0 Å². The predicted octanol–water partition coefficient (Wildman–Crippen LogP) is 1.96. The molecule has 1 N–H and O–H groups in total. The SMILES string of the molecule is Cc1cn(C)nc1-c1noc(-c2ccc3c(c2)nnn3CC(C)(C)O)n1. The first-order chi connectivity index (χ1) is 12.3. The third-order valence-corrected chi connectivity index (χ3v) is 3.95. The van der Waals surface area contributed by atoms with E-state index in [0.717, 1.165) is 16.6 Å². The lowest BCUT2D eigenvalue weighted by atomic mass is 10.1. The molecule has 0 saturated carbocycles. The second-order valence-electron chi connectivity index (χ2n) is 7.02. The van der Waals surface area contributed by atoms with E-state index in [1.807, 2.05) is 38.4 Å². The van der Waals surface area contributed by atoms with Crippen molar-refractivity contribution in [1.29, 1.82) is 0 Å². The number of nitrogens with zero attached hydrogens (tertiary/aromatic N) is 7. The Labute approximate surface area is 149 Å². The minimum Gasteiger partial charge on any atom is -0.389 e. The Balaban J connectivity index is 1.68. The molecule has 134 valence electrons. The number of aryl methyl sites for hydroxylation is 2. The minimum absolute atomic E-state index is 0.354. The summed E-state index contributed by atoms with van der Waals surface area (Å²) in [7, 11) is 1.85. The van der Waals surface area contributed by atoms with E-state index in [1.165, 1.54) is 0 Å². The smallest absolute Gasteiger partial charge is 0.258 e. The summed E-state index contributed by atoms with van der Waals surface area (Å²) in [6.07, 6.45) is 1.90. The average molecular weight is 353 g/mol. The van der Waals surface area contributed by atoms with Crippen LogP contribution in [0.3, 0.4) is 0 Å². The first kappa shape index (κ1) is 16.4. The fraction of sp³-hybridized carbons (Fsp3) is 0.353. The maximum Gasteiger partial charge on any atom is 0.258 e. The second-order valence-corrected chi connectivity index (χ2v) is 7.02. The third-order valence-electron chi connectivity index (χ3n) is 3.95. The highest BCUT2D eigenvalue weighted by Crippen LogP contribution is 2.25. The zero-order valence-corrected chi connectivity index (χ0v) is 15.0. The minimum atomic E-state index is -0.874. The quantitative estimate of drug-likeness (QED) is 0.597. The Morgan fingerprint density at radius 2 is 2.08 bits per heavy atom. The molecule has 0 saturated heterocycles. The zero-order valence-electron chi connectivity index (χ0n) is 15.0. The number of hydrogen-bond acceptors (Lipinski definition) is 7. The van der Waals surface area contributed by atoms with Crippen LogP contribution in [0.5, 0.6) is 0 Å². The van der Waals surface area contributed by atoms with Gasteiger partial charge in [-0.25, -0.2) is 4.68 Å². The number of aliphatic hydroxyl groups is 1. The van der Waals surface area contributed by atoms with Gasteiger partial charge in [-0.3, -0.25) is 4.68 Å². The molecule has 9 heteroatoms. The summed E-state index contributed by atoms with van der Waals surface area (Å²) in [5.41, 5.74) is 3.07. The number of fused-ring (bicyclic) bond motifs is 1. The summed E-state index contributed by atoms with van der Waals surface area (Å²) < 4.78 is 8.79. The van der Waals surface area contributed by atoms with Crippen LogP contribution < -0.4 is 0 Å². The Bertz CT molecular complexity index is 1080. The molecule has 0 aliphatic carbocycles. The first-order valence-corrected chi connectivity index (χ1v) is 8.20. The standard InChI is InChI=1S/C17H19N7O2/c1-10-8-23(4)20-14(10)15-18-16(26-21-15)11-5-6-13-12(7-11)19-22-24(13)9-17(2,3)25/h5-8,25H,9H2,1-4H3. The predicted molar refractivity (Wildman–Crippen MR) is 94.1 cm³/mol. The Morgan fingerprint density at radius 3 is 2.77 bits per heavy atom. The molecule has 0 radical (unpaired) electrons. The van der Waals surface area contributed by atoms with E-state index >= 15 is 0 Å². The summed E-state index contributed by atoms with van der Waals surface area (Å²) in [5.74, 6) is 0.841. The maximum absolute atomic E-state index is 9.99. The fourth-order valence-corrected chi connectivity index (χ4v) is 2.85. The average Bonchev–Trinajstić information content (AvgIpc) is 3.25. The first-order valence-electron chi connectivity index (χ1n) is 8.20. The molecule has 4 aromatic rings. The van der Waals surface area contributed by atoms with Crippen molar-refractivity contribution in [3.63, 3.8) is 0 Å². The van der Waals surface area contributed by atoms with Gasteiger partial charge in [0.2, 0.25) is 5.82 Å². The van der Waals surface area contributed by atoms with Crippen LogP contribution in [-0.4, -0.2) is 45.6 Å². The number of hydrogen-bond donors (Lipinski definition) is 1. The molecule has 4 rings (SSSR count). The van der Waals surface area contributed by atoms with Gasteiger partial charge in [0, 0.05) is 18.8 Å². The molecule has 9 nitrogen and oxygen atoms in total. The van der Waals surface area contributed by atoms with Gasteiger partial charge in [0.1, 0.15) is 11.2 Å². The van der Waals surface area contributed by atoms with Crippen LogP contribution in [0.2, 0.25) is 0 Å². The van der Waals surface area contributed by atoms with Crippen molar-refractivity contribution in [2.75, 3.05) is 0 Å². The van der Waals surface area contributed by atoms with Gasteiger partial charge in [-0.15, -0.1) is 5.10 Å². The van der Waals surface area contributed by atoms with Crippen molar-refractivity contribution in [2.45, 2.75) is 32.9 Å². The molecule has 3 aromatic heterocycles. The van der Waals surface area contributed by atoms with Gasteiger partial charge in [0.15, 0.2) is 0 Å². The van der Waals surface area contributed by atoms with E-state index < -0.39 is 5.60 Å². The molecule has 0 aliphatic heterocycles. The zero-order chi connectivity index (χ0) is 18.5. The Morgan fingerprint density at radius 1 is 1.27 bits per heavy atom. The van der Waals surface area contributed by atoms with Crippen molar-refractivity contribution in [1.82, 2.24) is 34.9 Å². The fourth-order valence-electron chi connectivity index (χ4n) is 2.85. The van der Waals surface area contributed by atoms with Crippen molar-refractivity contribution in [3.05, 3.63) is 30.0 Å². The molecule has 0 unspecified atom stereocenters. The van der Waals surface area contributed by atoms with Crippen molar-refractivity contribution in [2.24, 2.45) is 7.05 Å². The molecule has 3 heterocycles. The monoisotopic (exact) mass is 353 g/mol. The third kappa shape index (κ3) is 2.97. The van der Waals surface area contributed by atoms with Crippen LogP contribution in [-0.2, 0) is 13.6 Å². The molecular formula is C17H19N7O2. The summed E-state index contributed by atoms with van der Waals surface area (Å²) in [6.45, 7) is 5.76. The summed E-state index contributed by atoms with van der Waals surface area (Å²) in [4.78, 5) is 4.45. The summed E-state index contributed by atoms with van der Waals surface area (Å²) in [6, 6.07) is 5.59. The van der Waals surface area contributed by atoms with E-state index in [4.69, 9.17) is 4.52 Å². The Hall–Kier alpha value is -3.07. The van der Waals surface area contributed by atoms with E-state index in [1.54, 1.807) is 23.2 Å². The van der Waals surface area contributed by atoms with Gasteiger partial charge in [0.05, 0.1) is 17.7 Å². The van der Waals surface area contributed by atoms with Crippen molar-refractivity contribution in [3.8, 4) is 23.0 Å². The van der Waals surface area contributed by atoms with Crippen LogP contribution in [0, 0.1) is 6.92 Å². The van der Waals surface area contributed by atoms with Crippen LogP contribution in [0.15, 0.2) is 28.9 Å². The van der Waals surface area contributed by atoms with E-state index in [-0.39, 0.29) is 0 Å². The molecular weight excluding hydrogens is 334 g/mol. The van der Waals surface area contributed by atoms with Gasteiger partial charge in [0.25, 0.3) is 5.89 Å². The molecule has 1 aromatic carbocycles. The van der Waals surface area contributed by atoms with Gasteiger partial charge in [-0.2, -0.15) is 10.1 Å². The lowest BCUT2D eigenvalue weighted by molar-refractivity contribution is 0.0585. The number of rotatable bonds is 4. The van der Waals surface area contributed by atoms with Gasteiger partial charge >= 0.3 is 0 Å². The number of aromatic nitrogens is 7. The molecule has 0 aliphatic rings. The van der Waals surface area contributed by atoms with Gasteiger partial charge in [-0.1, -0.05) is 10.4 Å². The van der Waals surface area contributed by atoms with Crippen LogP contribution in [0.1, 0.15) is 19.4 Å². The van der Waals surface area contributed by atoms with Crippen LogP contribution in [0.25, 0.3) is 34.0 Å². The highest BCUT2D eigenvalue weighted by atomic mass is 16.5. The highest BCUT2D eigenvalue weighted by Gasteiger charge is 2.19. The van der Waals surface area contributed by atoms with Gasteiger partial charge < -0.3 is 9.63 Å². The largest absolute Gasteiger partial charge is 0.389 e. The highest BCUT2D eigenvalue weighted by molar-refractivity contribution is 5.79. The molecule has 0 amide bonds. The molecule has 0 bridgehead atoms. The summed E-state index contributed by atoms with van der Waals surface area (Å²) >= 11 is 0. The lowest BCUT2D eigenvalue weighted by Crippen LogP contribution is -2.26. The van der Waals surface area contributed by atoms with Crippen molar-refractivity contribution >= 4 is 11.0 Å². The van der Waals surface area contributed by atoms with Crippen molar-refractivity contribution < 1.29 is 9.63 Å².